The van der Waals surface area contributed by atoms with Crippen molar-refractivity contribution in [1.29, 1.82) is 5.26 Å². The maximum Gasteiger partial charge on any atom is 0.335 e. The van der Waals surface area contributed by atoms with E-state index in [9.17, 15) is 4.79 Å². The highest BCUT2D eigenvalue weighted by atomic mass is 16.4. The van der Waals surface area contributed by atoms with E-state index in [0.29, 0.717) is 17.1 Å². The molecule has 20 heavy (non-hydrogen) atoms. The van der Waals surface area contributed by atoms with E-state index < -0.39 is 5.97 Å². The summed E-state index contributed by atoms with van der Waals surface area (Å²) in [6, 6.07) is 12.2. The Hall–Kier alpha value is -2.87. The predicted molar refractivity (Wildman–Crippen MR) is 75.2 cm³/mol. The molecule has 1 N–H and O–H groups in total. The highest BCUT2D eigenvalue weighted by Gasteiger charge is 2.11. The lowest BCUT2D eigenvalue weighted by Crippen LogP contribution is -2.13. The summed E-state index contributed by atoms with van der Waals surface area (Å²) in [5, 5.41) is 18.0. The predicted octanol–water partition coefficient (Wildman–Crippen LogP) is 2.73. The molecule has 100 valence electrons. The van der Waals surface area contributed by atoms with E-state index in [1.54, 1.807) is 37.1 Å². The summed E-state index contributed by atoms with van der Waals surface area (Å²) in [5.41, 5.74) is 2.14. The molecular formula is C15H13N3O2. The van der Waals surface area contributed by atoms with Crippen LogP contribution in [0.4, 0.5) is 11.5 Å². The molecule has 0 aliphatic heterocycles. The van der Waals surface area contributed by atoms with Crippen LogP contribution in [0, 0.1) is 18.3 Å². The van der Waals surface area contributed by atoms with Gasteiger partial charge in [-0.25, -0.2) is 9.78 Å². The second-order valence-corrected chi connectivity index (χ2v) is 4.38. The van der Waals surface area contributed by atoms with Crippen LogP contribution in [0.2, 0.25) is 0 Å². The Morgan fingerprint density at radius 1 is 1.35 bits per heavy atom. The lowest BCUT2D eigenvalue weighted by molar-refractivity contribution is 0.0696. The number of hydrogen-bond donors (Lipinski definition) is 1. The number of aromatic carboxylic acids is 1. The van der Waals surface area contributed by atoms with Crippen LogP contribution in [0.25, 0.3) is 0 Å². The number of rotatable bonds is 3. The van der Waals surface area contributed by atoms with E-state index >= 15 is 0 Å². The number of carboxylic acid groups (broad SMARTS) is 1. The summed E-state index contributed by atoms with van der Waals surface area (Å²) in [4.78, 5) is 17.2. The number of aryl methyl sites for hydroxylation is 1. The number of carbonyl (C=O) groups is 1. The van der Waals surface area contributed by atoms with Gasteiger partial charge in [0.25, 0.3) is 0 Å². The fourth-order valence-corrected chi connectivity index (χ4v) is 1.86. The van der Waals surface area contributed by atoms with E-state index in [-0.39, 0.29) is 5.56 Å². The first-order valence-corrected chi connectivity index (χ1v) is 5.97. The van der Waals surface area contributed by atoms with Crippen molar-refractivity contribution in [3.63, 3.8) is 0 Å². The fraction of sp³-hybridized carbons (Fsp3) is 0.133. The van der Waals surface area contributed by atoms with E-state index in [0.717, 1.165) is 5.69 Å². The maximum absolute atomic E-state index is 11.1. The van der Waals surface area contributed by atoms with Gasteiger partial charge >= 0.3 is 5.97 Å². The Bertz CT molecular complexity index is 705. The number of nitrogens with zero attached hydrogens (tertiary/aromatic N) is 3. The first-order valence-electron chi connectivity index (χ1n) is 5.97. The summed E-state index contributed by atoms with van der Waals surface area (Å²) in [6.45, 7) is 1.75. The SMILES string of the molecule is Cc1cc(C(=O)O)cc(N(C)c2cccc(C#N)c2)n1. The molecule has 0 bridgehead atoms. The molecule has 0 atom stereocenters. The molecule has 0 amide bonds. The van der Waals surface area contributed by atoms with Crippen LogP contribution in [0.3, 0.4) is 0 Å². The minimum absolute atomic E-state index is 0.191. The molecule has 0 fully saturated rings. The van der Waals surface area contributed by atoms with Gasteiger partial charge < -0.3 is 10.0 Å². The van der Waals surface area contributed by atoms with Crippen molar-refractivity contribution in [3.8, 4) is 6.07 Å². The smallest absolute Gasteiger partial charge is 0.335 e. The zero-order valence-electron chi connectivity index (χ0n) is 11.2. The van der Waals surface area contributed by atoms with Gasteiger partial charge in [-0.15, -0.1) is 0 Å². The molecule has 5 heteroatoms. The largest absolute Gasteiger partial charge is 0.478 e. The molecule has 5 nitrogen and oxygen atoms in total. The van der Waals surface area contributed by atoms with E-state index in [2.05, 4.69) is 11.1 Å². The number of carboxylic acids is 1. The maximum atomic E-state index is 11.1. The van der Waals surface area contributed by atoms with Crippen molar-refractivity contribution in [2.24, 2.45) is 0 Å². The molecule has 0 saturated heterocycles. The average Bonchev–Trinajstić information content (AvgIpc) is 2.45. The van der Waals surface area contributed by atoms with Gasteiger partial charge in [-0.1, -0.05) is 6.07 Å². The fourth-order valence-electron chi connectivity index (χ4n) is 1.86. The van der Waals surface area contributed by atoms with Gasteiger partial charge in [0.15, 0.2) is 0 Å². The third-order valence-corrected chi connectivity index (χ3v) is 2.89. The molecule has 0 spiro atoms. The van der Waals surface area contributed by atoms with E-state index in [4.69, 9.17) is 10.4 Å². The second-order valence-electron chi connectivity index (χ2n) is 4.38. The van der Waals surface area contributed by atoms with Crippen LogP contribution in [-0.4, -0.2) is 23.1 Å². The van der Waals surface area contributed by atoms with Crippen LogP contribution >= 0.6 is 0 Å². The molecule has 1 aromatic carbocycles. The average molecular weight is 267 g/mol. The summed E-state index contributed by atoms with van der Waals surface area (Å²) >= 11 is 0. The summed E-state index contributed by atoms with van der Waals surface area (Å²) in [7, 11) is 1.78. The molecule has 1 heterocycles. The van der Waals surface area contributed by atoms with Gasteiger partial charge in [0, 0.05) is 18.4 Å². The number of hydrogen-bond acceptors (Lipinski definition) is 4. The molecule has 0 unspecified atom stereocenters. The highest BCUT2D eigenvalue weighted by molar-refractivity contribution is 5.89. The third kappa shape index (κ3) is 2.75. The van der Waals surface area contributed by atoms with Crippen molar-refractivity contribution in [3.05, 3.63) is 53.2 Å². The molecule has 0 radical (unpaired) electrons. The summed E-state index contributed by atoms with van der Waals surface area (Å²) < 4.78 is 0. The van der Waals surface area contributed by atoms with Crippen molar-refractivity contribution in [2.45, 2.75) is 6.92 Å². The first-order chi connectivity index (χ1) is 9.51. The standard InChI is InChI=1S/C15H13N3O2/c1-10-6-12(15(19)20)8-14(17-10)18(2)13-5-3-4-11(7-13)9-16/h3-8H,1-2H3,(H,19,20). The van der Waals surface area contributed by atoms with Crippen molar-refractivity contribution in [1.82, 2.24) is 4.98 Å². The Labute approximate surface area is 116 Å². The van der Waals surface area contributed by atoms with Gasteiger partial charge in [-0.2, -0.15) is 5.26 Å². The Kier molecular flexibility index (Phi) is 3.67. The van der Waals surface area contributed by atoms with Crippen molar-refractivity contribution >= 4 is 17.5 Å². The lowest BCUT2D eigenvalue weighted by Gasteiger charge is -2.19. The number of pyridine rings is 1. The van der Waals surface area contributed by atoms with Crippen LogP contribution < -0.4 is 4.90 Å². The van der Waals surface area contributed by atoms with Gasteiger partial charge in [0.05, 0.1) is 17.2 Å². The minimum atomic E-state index is -0.990. The van der Waals surface area contributed by atoms with Crippen molar-refractivity contribution in [2.75, 3.05) is 11.9 Å². The van der Waals surface area contributed by atoms with E-state index in [1.165, 1.54) is 12.1 Å². The van der Waals surface area contributed by atoms with Crippen LogP contribution in [0.5, 0.6) is 0 Å². The molecule has 1 aromatic heterocycles. The van der Waals surface area contributed by atoms with Crippen LogP contribution in [-0.2, 0) is 0 Å². The topological polar surface area (TPSA) is 77.2 Å². The molecule has 2 rings (SSSR count). The lowest BCUT2D eigenvalue weighted by atomic mass is 10.2. The highest BCUT2D eigenvalue weighted by Crippen LogP contribution is 2.23. The second kappa shape index (κ2) is 5.41. The monoisotopic (exact) mass is 267 g/mol. The zero-order valence-corrected chi connectivity index (χ0v) is 11.2. The van der Waals surface area contributed by atoms with Crippen molar-refractivity contribution < 1.29 is 9.90 Å². The number of benzene rings is 1. The minimum Gasteiger partial charge on any atom is -0.478 e. The van der Waals surface area contributed by atoms with Gasteiger partial charge in [0.1, 0.15) is 5.82 Å². The number of nitriles is 1. The third-order valence-electron chi connectivity index (χ3n) is 2.89. The molecule has 0 aliphatic carbocycles. The zero-order chi connectivity index (χ0) is 14.7. The van der Waals surface area contributed by atoms with Gasteiger partial charge in [-0.05, 0) is 37.3 Å². The van der Waals surface area contributed by atoms with Gasteiger partial charge in [-0.3, -0.25) is 0 Å². The normalized spacial score (nSPS) is 9.85. The van der Waals surface area contributed by atoms with Crippen LogP contribution in [0.15, 0.2) is 36.4 Å². The van der Waals surface area contributed by atoms with Gasteiger partial charge in [0.2, 0.25) is 0 Å². The molecule has 2 aromatic rings. The molecular weight excluding hydrogens is 254 g/mol. The molecule has 0 aliphatic rings. The summed E-state index contributed by atoms with van der Waals surface area (Å²) in [6.07, 6.45) is 0. The number of anilines is 2. The Morgan fingerprint density at radius 2 is 2.10 bits per heavy atom. The summed E-state index contributed by atoms with van der Waals surface area (Å²) in [5.74, 6) is -0.464. The Balaban J connectivity index is 2.45. The first kappa shape index (κ1) is 13.6. The Morgan fingerprint density at radius 3 is 2.75 bits per heavy atom. The molecule has 0 saturated carbocycles. The quantitative estimate of drug-likeness (QED) is 0.925. The number of aromatic nitrogens is 1. The van der Waals surface area contributed by atoms with E-state index in [1.807, 2.05) is 6.07 Å². The van der Waals surface area contributed by atoms with Crippen LogP contribution in [0.1, 0.15) is 21.6 Å².